The fraction of sp³-hybridized carbons (Fsp3) is 0.368. The Labute approximate surface area is 138 Å². The average Bonchev–Trinajstić information content (AvgIpc) is 2.51. The molecular formula is C19H25N3O. The SMILES string of the molecule is Cc1cc(C)cc(N(CCCc2cccnc2)C(=O)C(C)N)c1. The van der Waals surface area contributed by atoms with Crippen molar-refractivity contribution in [3.63, 3.8) is 0 Å². The Morgan fingerprint density at radius 1 is 1.26 bits per heavy atom. The van der Waals surface area contributed by atoms with Gasteiger partial charge in [0.05, 0.1) is 6.04 Å². The highest BCUT2D eigenvalue weighted by atomic mass is 16.2. The van der Waals surface area contributed by atoms with Gasteiger partial charge in [-0.2, -0.15) is 0 Å². The molecule has 122 valence electrons. The maximum absolute atomic E-state index is 12.5. The molecule has 1 unspecified atom stereocenters. The van der Waals surface area contributed by atoms with E-state index >= 15 is 0 Å². The predicted molar refractivity (Wildman–Crippen MR) is 94.5 cm³/mol. The van der Waals surface area contributed by atoms with E-state index in [1.54, 1.807) is 18.0 Å². The molecule has 1 aromatic carbocycles. The first-order valence-corrected chi connectivity index (χ1v) is 8.01. The van der Waals surface area contributed by atoms with Gasteiger partial charge in [0.25, 0.3) is 0 Å². The van der Waals surface area contributed by atoms with Crippen molar-refractivity contribution in [3.05, 3.63) is 59.4 Å². The number of amides is 1. The lowest BCUT2D eigenvalue weighted by atomic mass is 10.1. The first-order chi connectivity index (χ1) is 11.0. The molecule has 0 radical (unpaired) electrons. The number of aryl methyl sites for hydroxylation is 3. The zero-order valence-electron chi connectivity index (χ0n) is 14.1. The van der Waals surface area contributed by atoms with E-state index < -0.39 is 6.04 Å². The van der Waals surface area contributed by atoms with E-state index in [2.05, 4.69) is 17.1 Å². The zero-order chi connectivity index (χ0) is 16.8. The molecule has 4 heteroatoms. The number of aromatic nitrogens is 1. The van der Waals surface area contributed by atoms with Gasteiger partial charge in [-0.15, -0.1) is 0 Å². The average molecular weight is 311 g/mol. The standard InChI is InChI=1S/C19H25N3O/c1-14-10-15(2)12-18(11-14)22(19(23)16(3)20)9-5-7-17-6-4-8-21-13-17/h4,6,8,10-13,16H,5,7,9,20H2,1-3H3. The lowest BCUT2D eigenvalue weighted by Gasteiger charge is -2.25. The van der Waals surface area contributed by atoms with Crippen molar-refractivity contribution in [2.24, 2.45) is 5.73 Å². The molecule has 1 aromatic heterocycles. The fourth-order valence-electron chi connectivity index (χ4n) is 2.71. The number of rotatable bonds is 6. The second-order valence-electron chi connectivity index (χ2n) is 6.09. The smallest absolute Gasteiger partial charge is 0.243 e. The molecule has 1 amide bonds. The van der Waals surface area contributed by atoms with Gasteiger partial charge in [-0.05, 0) is 68.5 Å². The number of nitrogens with two attached hydrogens (primary N) is 1. The number of carbonyl (C=O) groups is 1. The maximum atomic E-state index is 12.5. The summed E-state index contributed by atoms with van der Waals surface area (Å²) in [6.07, 6.45) is 5.40. The number of hydrogen-bond donors (Lipinski definition) is 1. The molecule has 1 heterocycles. The molecule has 4 nitrogen and oxygen atoms in total. The van der Waals surface area contributed by atoms with E-state index in [1.807, 2.05) is 38.2 Å². The van der Waals surface area contributed by atoms with Gasteiger partial charge in [0, 0.05) is 24.6 Å². The molecule has 0 saturated heterocycles. The summed E-state index contributed by atoms with van der Waals surface area (Å²) in [6.45, 7) is 6.47. The van der Waals surface area contributed by atoms with Gasteiger partial charge in [-0.1, -0.05) is 12.1 Å². The van der Waals surface area contributed by atoms with Crippen molar-refractivity contribution >= 4 is 11.6 Å². The van der Waals surface area contributed by atoms with Crippen LogP contribution in [0, 0.1) is 13.8 Å². The summed E-state index contributed by atoms with van der Waals surface area (Å²) in [5.74, 6) is -0.0406. The molecule has 23 heavy (non-hydrogen) atoms. The Balaban J connectivity index is 2.13. The van der Waals surface area contributed by atoms with Crippen LogP contribution in [0.1, 0.15) is 30.0 Å². The molecule has 0 aliphatic rings. The van der Waals surface area contributed by atoms with E-state index in [0.29, 0.717) is 6.54 Å². The van der Waals surface area contributed by atoms with Crippen LogP contribution in [-0.2, 0) is 11.2 Å². The molecule has 0 aliphatic heterocycles. The molecule has 2 N–H and O–H groups in total. The summed E-state index contributed by atoms with van der Waals surface area (Å²) in [5.41, 5.74) is 10.2. The van der Waals surface area contributed by atoms with Crippen molar-refractivity contribution in [3.8, 4) is 0 Å². The van der Waals surface area contributed by atoms with Gasteiger partial charge in [0.15, 0.2) is 0 Å². The zero-order valence-corrected chi connectivity index (χ0v) is 14.1. The first-order valence-electron chi connectivity index (χ1n) is 8.01. The normalized spacial score (nSPS) is 12.0. The number of hydrogen-bond acceptors (Lipinski definition) is 3. The fourth-order valence-corrected chi connectivity index (χ4v) is 2.71. The number of pyridine rings is 1. The molecule has 0 spiro atoms. The van der Waals surface area contributed by atoms with Gasteiger partial charge < -0.3 is 10.6 Å². The van der Waals surface area contributed by atoms with Crippen molar-refractivity contribution < 1.29 is 4.79 Å². The Kier molecular flexibility index (Phi) is 5.88. The van der Waals surface area contributed by atoms with Crippen molar-refractivity contribution in [1.82, 2.24) is 4.98 Å². The van der Waals surface area contributed by atoms with Crippen LogP contribution in [0.25, 0.3) is 0 Å². The predicted octanol–water partition coefficient (Wildman–Crippen LogP) is 3.01. The number of nitrogens with zero attached hydrogens (tertiary/aromatic N) is 2. The summed E-state index contributed by atoms with van der Waals surface area (Å²) in [5, 5.41) is 0. The first kappa shape index (κ1) is 17.2. The number of benzene rings is 1. The molecule has 2 aromatic rings. The summed E-state index contributed by atoms with van der Waals surface area (Å²) >= 11 is 0. The van der Waals surface area contributed by atoms with Crippen LogP contribution in [0.3, 0.4) is 0 Å². The van der Waals surface area contributed by atoms with Gasteiger partial charge >= 0.3 is 0 Å². The topological polar surface area (TPSA) is 59.2 Å². The molecule has 2 rings (SSSR count). The maximum Gasteiger partial charge on any atom is 0.243 e. The van der Waals surface area contributed by atoms with E-state index in [4.69, 9.17) is 5.73 Å². The lowest BCUT2D eigenvalue weighted by molar-refractivity contribution is -0.119. The highest BCUT2D eigenvalue weighted by molar-refractivity contribution is 5.96. The minimum atomic E-state index is -0.505. The minimum Gasteiger partial charge on any atom is -0.320 e. The van der Waals surface area contributed by atoms with Crippen molar-refractivity contribution in [2.45, 2.75) is 39.7 Å². The molecular weight excluding hydrogens is 286 g/mol. The minimum absolute atomic E-state index is 0.0406. The van der Waals surface area contributed by atoms with Crippen LogP contribution in [0.5, 0.6) is 0 Å². The molecule has 0 bridgehead atoms. The number of carbonyl (C=O) groups excluding carboxylic acids is 1. The third-order valence-electron chi connectivity index (χ3n) is 3.74. The van der Waals surface area contributed by atoms with E-state index in [9.17, 15) is 4.79 Å². The second-order valence-corrected chi connectivity index (χ2v) is 6.09. The van der Waals surface area contributed by atoms with E-state index in [0.717, 1.165) is 29.7 Å². The molecule has 0 fully saturated rings. The van der Waals surface area contributed by atoms with Gasteiger partial charge in [-0.25, -0.2) is 0 Å². The van der Waals surface area contributed by atoms with Crippen LogP contribution >= 0.6 is 0 Å². The largest absolute Gasteiger partial charge is 0.320 e. The quantitative estimate of drug-likeness (QED) is 0.892. The highest BCUT2D eigenvalue weighted by Crippen LogP contribution is 2.20. The Morgan fingerprint density at radius 2 is 1.96 bits per heavy atom. The Bertz CT molecular complexity index is 633. The third-order valence-corrected chi connectivity index (χ3v) is 3.74. The van der Waals surface area contributed by atoms with Crippen LogP contribution in [0.15, 0.2) is 42.7 Å². The molecule has 0 aliphatic carbocycles. The van der Waals surface area contributed by atoms with E-state index in [-0.39, 0.29) is 5.91 Å². The Morgan fingerprint density at radius 3 is 2.52 bits per heavy atom. The lowest BCUT2D eigenvalue weighted by Crippen LogP contribution is -2.43. The molecule has 1 atom stereocenters. The van der Waals surface area contributed by atoms with Crippen LogP contribution in [0.4, 0.5) is 5.69 Å². The van der Waals surface area contributed by atoms with Crippen molar-refractivity contribution in [1.29, 1.82) is 0 Å². The van der Waals surface area contributed by atoms with Gasteiger partial charge in [-0.3, -0.25) is 9.78 Å². The Hall–Kier alpha value is -2.20. The monoisotopic (exact) mass is 311 g/mol. The van der Waals surface area contributed by atoms with Crippen LogP contribution in [-0.4, -0.2) is 23.5 Å². The van der Waals surface area contributed by atoms with E-state index in [1.165, 1.54) is 5.56 Å². The van der Waals surface area contributed by atoms with Gasteiger partial charge in [0.2, 0.25) is 5.91 Å². The number of anilines is 1. The highest BCUT2D eigenvalue weighted by Gasteiger charge is 2.19. The second kappa shape index (κ2) is 7.88. The summed E-state index contributed by atoms with van der Waals surface area (Å²) in [4.78, 5) is 18.4. The van der Waals surface area contributed by atoms with Crippen LogP contribution < -0.4 is 10.6 Å². The molecule has 0 saturated carbocycles. The summed E-state index contributed by atoms with van der Waals surface area (Å²) in [6, 6.07) is 9.67. The van der Waals surface area contributed by atoms with Crippen LogP contribution in [0.2, 0.25) is 0 Å². The summed E-state index contributed by atoms with van der Waals surface area (Å²) in [7, 11) is 0. The third kappa shape index (κ3) is 4.89. The van der Waals surface area contributed by atoms with Crippen molar-refractivity contribution in [2.75, 3.05) is 11.4 Å². The summed E-state index contributed by atoms with van der Waals surface area (Å²) < 4.78 is 0. The van der Waals surface area contributed by atoms with Gasteiger partial charge in [0.1, 0.15) is 0 Å².